The van der Waals surface area contributed by atoms with Crippen molar-refractivity contribution < 1.29 is 13.9 Å². The van der Waals surface area contributed by atoms with Crippen molar-refractivity contribution in [1.29, 1.82) is 0 Å². The second-order valence-electron chi connectivity index (χ2n) is 7.51. The molecule has 1 amide bonds. The van der Waals surface area contributed by atoms with Gasteiger partial charge >= 0.3 is 0 Å². The highest BCUT2D eigenvalue weighted by atomic mass is 19.1. The molecule has 1 saturated carbocycles. The third-order valence-corrected chi connectivity index (χ3v) is 5.40. The normalized spacial score (nSPS) is 27.9. The summed E-state index contributed by atoms with van der Waals surface area (Å²) in [6.07, 6.45) is 2.94. The summed E-state index contributed by atoms with van der Waals surface area (Å²) < 4.78 is 19.0. The first-order chi connectivity index (χ1) is 11.5. The third kappa shape index (κ3) is 3.62. The van der Waals surface area contributed by atoms with Gasteiger partial charge in [-0.05, 0) is 30.5 Å². The van der Waals surface area contributed by atoms with Crippen LogP contribution in [0, 0.1) is 17.2 Å². The summed E-state index contributed by atoms with van der Waals surface area (Å²) in [5, 5.41) is 6.48. The predicted molar refractivity (Wildman–Crippen MR) is 91.1 cm³/mol. The summed E-state index contributed by atoms with van der Waals surface area (Å²) in [5.41, 5.74) is 0.846. The molecule has 3 unspecified atom stereocenters. The number of fused-ring (bicyclic) bond motifs is 1. The van der Waals surface area contributed by atoms with Gasteiger partial charge in [0, 0.05) is 37.1 Å². The zero-order valence-corrected chi connectivity index (χ0v) is 14.5. The molecule has 1 aromatic carbocycles. The Labute approximate surface area is 143 Å². The largest absolute Gasteiger partial charge is 0.377 e. The number of hydrogen-bond acceptors (Lipinski definition) is 3. The zero-order valence-electron chi connectivity index (χ0n) is 14.5. The van der Waals surface area contributed by atoms with E-state index in [-0.39, 0.29) is 23.6 Å². The van der Waals surface area contributed by atoms with Crippen LogP contribution in [0.25, 0.3) is 0 Å². The van der Waals surface area contributed by atoms with Crippen molar-refractivity contribution in [3.63, 3.8) is 0 Å². The van der Waals surface area contributed by atoms with Crippen molar-refractivity contribution in [1.82, 2.24) is 10.6 Å². The first-order valence-electron chi connectivity index (χ1n) is 8.84. The van der Waals surface area contributed by atoms with Crippen LogP contribution in [0.1, 0.15) is 32.3 Å². The molecule has 1 saturated heterocycles. The fraction of sp³-hybridized carbons (Fsp3) is 0.632. The number of amides is 1. The summed E-state index contributed by atoms with van der Waals surface area (Å²) in [6.45, 7) is 6.71. The van der Waals surface area contributed by atoms with Gasteiger partial charge in [0.1, 0.15) is 5.82 Å². The quantitative estimate of drug-likeness (QED) is 0.785. The Bertz CT molecular complexity index is 590. The lowest BCUT2D eigenvalue weighted by atomic mass is 9.55. The molecule has 2 N–H and O–H groups in total. The number of halogens is 1. The highest BCUT2D eigenvalue weighted by molar-refractivity contribution is 5.78. The van der Waals surface area contributed by atoms with E-state index in [4.69, 9.17) is 4.74 Å². The van der Waals surface area contributed by atoms with Gasteiger partial charge in [-0.15, -0.1) is 0 Å². The second kappa shape index (κ2) is 7.19. The molecule has 3 atom stereocenters. The molecule has 132 valence electrons. The molecule has 0 bridgehead atoms. The fourth-order valence-electron chi connectivity index (χ4n) is 4.26. The molecule has 0 radical (unpaired) electrons. The van der Waals surface area contributed by atoms with Crippen molar-refractivity contribution in [2.45, 2.75) is 45.3 Å². The van der Waals surface area contributed by atoms with E-state index in [0.29, 0.717) is 30.2 Å². The number of ether oxygens (including phenoxy) is 1. The first kappa shape index (κ1) is 17.4. The smallest absolute Gasteiger partial charge is 0.224 e. The van der Waals surface area contributed by atoms with E-state index in [1.54, 1.807) is 12.1 Å². The average molecular weight is 334 g/mol. The molecular formula is C19H27FN2O2. The monoisotopic (exact) mass is 334 g/mol. The van der Waals surface area contributed by atoms with Crippen LogP contribution in [0.5, 0.6) is 0 Å². The SMILES string of the molecule is CC1(C)C(NCCNC(=O)Cc2cccc(F)c2)C2CCCOC21. The van der Waals surface area contributed by atoms with E-state index < -0.39 is 0 Å². The van der Waals surface area contributed by atoms with Crippen LogP contribution in [-0.4, -0.2) is 37.7 Å². The maximum Gasteiger partial charge on any atom is 0.224 e. The molecule has 5 heteroatoms. The zero-order chi connectivity index (χ0) is 17.2. The molecule has 24 heavy (non-hydrogen) atoms. The van der Waals surface area contributed by atoms with Crippen LogP contribution in [0.4, 0.5) is 4.39 Å². The predicted octanol–water partition coefficient (Wildman–Crippen LogP) is 2.28. The highest BCUT2D eigenvalue weighted by Gasteiger charge is 2.57. The molecular weight excluding hydrogens is 307 g/mol. The van der Waals surface area contributed by atoms with Gasteiger partial charge in [-0.3, -0.25) is 4.79 Å². The minimum Gasteiger partial charge on any atom is -0.377 e. The lowest BCUT2D eigenvalue weighted by molar-refractivity contribution is -0.192. The maximum atomic E-state index is 13.1. The van der Waals surface area contributed by atoms with Crippen molar-refractivity contribution in [3.8, 4) is 0 Å². The molecule has 2 fully saturated rings. The van der Waals surface area contributed by atoms with E-state index in [2.05, 4.69) is 24.5 Å². The Hall–Kier alpha value is -1.46. The molecule has 2 aliphatic rings. The Kier molecular flexibility index (Phi) is 5.21. The van der Waals surface area contributed by atoms with Crippen LogP contribution < -0.4 is 10.6 Å². The van der Waals surface area contributed by atoms with E-state index in [1.807, 2.05) is 0 Å². The minimum absolute atomic E-state index is 0.0749. The van der Waals surface area contributed by atoms with Gasteiger partial charge in [0.15, 0.2) is 0 Å². The van der Waals surface area contributed by atoms with Crippen LogP contribution >= 0.6 is 0 Å². The summed E-state index contributed by atoms with van der Waals surface area (Å²) in [7, 11) is 0. The number of hydrogen-bond donors (Lipinski definition) is 2. The highest BCUT2D eigenvalue weighted by Crippen LogP contribution is 2.51. The van der Waals surface area contributed by atoms with Gasteiger partial charge in [-0.25, -0.2) is 4.39 Å². The Morgan fingerprint density at radius 1 is 1.38 bits per heavy atom. The summed E-state index contributed by atoms with van der Waals surface area (Å²) in [6, 6.07) is 6.62. The standard InChI is InChI=1S/C19H27FN2O2/c1-19(2)17(15-7-4-10-24-18(15)19)22-9-8-21-16(23)12-13-5-3-6-14(20)11-13/h3,5-6,11,15,17-18,22H,4,7-10,12H2,1-2H3,(H,21,23). The van der Waals surface area contributed by atoms with Gasteiger partial charge in [-0.2, -0.15) is 0 Å². The Morgan fingerprint density at radius 3 is 3.00 bits per heavy atom. The Balaban J connectivity index is 1.38. The maximum absolute atomic E-state index is 13.1. The molecule has 1 aliphatic carbocycles. The lowest BCUT2D eigenvalue weighted by Crippen LogP contribution is -2.69. The first-order valence-corrected chi connectivity index (χ1v) is 8.84. The summed E-state index contributed by atoms with van der Waals surface area (Å²) in [5.74, 6) is 0.212. The molecule has 1 aromatic rings. The minimum atomic E-state index is -0.307. The van der Waals surface area contributed by atoms with Gasteiger partial charge in [0.2, 0.25) is 5.91 Å². The van der Waals surface area contributed by atoms with E-state index >= 15 is 0 Å². The van der Waals surface area contributed by atoms with Gasteiger partial charge in [-0.1, -0.05) is 26.0 Å². The molecule has 3 rings (SSSR count). The third-order valence-electron chi connectivity index (χ3n) is 5.40. The van der Waals surface area contributed by atoms with Crippen LogP contribution in [0.15, 0.2) is 24.3 Å². The van der Waals surface area contributed by atoms with E-state index in [0.717, 1.165) is 19.6 Å². The number of carbonyl (C=O) groups is 1. The number of benzene rings is 1. The summed E-state index contributed by atoms with van der Waals surface area (Å²) >= 11 is 0. The van der Waals surface area contributed by atoms with Crippen LogP contribution in [0.2, 0.25) is 0 Å². The topological polar surface area (TPSA) is 50.4 Å². The molecule has 4 nitrogen and oxygen atoms in total. The van der Waals surface area contributed by atoms with Crippen LogP contribution in [0.3, 0.4) is 0 Å². The van der Waals surface area contributed by atoms with E-state index in [9.17, 15) is 9.18 Å². The number of carbonyl (C=O) groups excluding carboxylic acids is 1. The second-order valence-corrected chi connectivity index (χ2v) is 7.51. The average Bonchev–Trinajstić information content (AvgIpc) is 2.54. The number of nitrogens with one attached hydrogen (secondary N) is 2. The van der Waals surface area contributed by atoms with E-state index in [1.165, 1.54) is 18.6 Å². The van der Waals surface area contributed by atoms with Crippen molar-refractivity contribution in [2.24, 2.45) is 11.3 Å². The van der Waals surface area contributed by atoms with Crippen LogP contribution in [-0.2, 0) is 16.0 Å². The molecule has 1 heterocycles. The van der Waals surface area contributed by atoms with Gasteiger partial charge in [0.05, 0.1) is 12.5 Å². The summed E-state index contributed by atoms with van der Waals surface area (Å²) in [4.78, 5) is 11.9. The fourth-order valence-corrected chi connectivity index (χ4v) is 4.26. The lowest BCUT2D eigenvalue weighted by Gasteiger charge is -2.60. The molecule has 1 aliphatic heterocycles. The molecule has 0 spiro atoms. The van der Waals surface area contributed by atoms with Gasteiger partial charge in [0.25, 0.3) is 0 Å². The Morgan fingerprint density at radius 2 is 2.21 bits per heavy atom. The van der Waals surface area contributed by atoms with Gasteiger partial charge < -0.3 is 15.4 Å². The van der Waals surface area contributed by atoms with Crippen molar-refractivity contribution in [2.75, 3.05) is 19.7 Å². The van der Waals surface area contributed by atoms with Crippen molar-refractivity contribution >= 4 is 5.91 Å². The molecule has 0 aromatic heterocycles. The van der Waals surface area contributed by atoms with Crippen molar-refractivity contribution in [3.05, 3.63) is 35.6 Å². The number of rotatable bonds is 6.